The van der Waals surface area contributed by atoms with Gasteiger partial charge in [-0.15, -0.1) is 0 Å². The first-order valence-corrected chi connectivity index (χ1v) is 13.6. The number of amides is 4. The van der Waals surface area contributed by atoms with Crippen LogP contribution < -0.4 is 5.32 Å². The summed E-state index contributed by atoms with van der Waals surface area (Å²) in [5.41, 5.74) is 1.84. The van der Waals surface area contributed by atoms with Crippen molar-refractivity contribution in [3.05, 3.63) is 71.6 Å². The Bertz CT molecular complexity index is 1870. The Balaban J connectivity index is 1.47. The number of urea groups is 1. The lowest BCUT2D eigenvalue weighted by molar-refractivity contribution is -0.122. The van der Waals surface area contributed by atoms with Crippen LogP contribution in [0.3, 0.4) is 0 Å². The predicted octanol–water partition coefficient (Wildman–Crippen LogP) is 1.35. The van der Waals surface area contributed by atoms with Gasteiger partial charge in [0.25, 0.3) is 11.8 Å². The van der Waals surface area contributed by atoms with Crippen molar-refractivity contribution in [2.45, 2.75) is 36.5 Å². The van der Waals surface area contributed by atoms with Gasteiger partial charge in [-0.05, 0) is 59.8 Å². The van der Waals surface area contributed by atoms with Crippen molar-refractivity contribution in [3.8, 4) is 0 Å². The summed E-state index contributed by atoms with van der Waals surface area (Å²) in [7, 11) is 26.6. The van der Waals surface area contributed by atoms with Crippen molar-refractivity contribution in [1.82, 2.24) is 29.1 Å². The van der Waals surface area contributed by atoms with E-state index in [-0.39, 0.29) is 28.6 Å². The fourth-order valence-electron chi connectivity index (χ4n) is 6.29. The number of aromatic nitrogens is 3. The molecule has 0 saturated carbocycles. The maximum atomic E-state index is 15.3. The van der Waals surface area contributed by atoms with Crippen LogP contribution in [0.1, 0.15) is 36.1 Å². The van der Waals surface area contributed by atoms with E-state index in [1.54, 1.807) is 33.7 Å². The molecule has 3 aliphatic heterocycles. The lowest BCUT2D eigenvalue weighted by Crippen LogP contribution is -2.68. The Labute approximate surface area is 245 Å². The zero-order chi connectivity index (χ0) is 29.6. The maximum Gasteiger partial charge on any atom is 0.319 e. The van der Waals surface area contributed by atoms with Crippen LogP contribution >= 0.6 is 0 Å². The van der Waals surface area contributed by atoms with Gasteiger partial charge in [-0.1, -0.05) is 6.07 Å². The molecule has 4 aromatic rings. The molecule has 8 radical (unpaired) electrons. The normalized spacial score (nSPS) is 19.9. The highest BCUT2D eigenvalue weighted by Crippen LogP contribution is 2.43. The molecule has 14 heteroatoms. The number of imide groups is 1. The van der Waals surface area contributed by atoms with Gasteiger partial charge in [0.05, 0.1) is 59.9 Å². The molecule has 4 amide bonds. The first-order valence-electron chi connectivity index (χ1n) is 13.6. The number of hydrogen-bond donors (Lipinski definition) is 1. The molecular formula is C28H21B4FN6O3. The van der Waals surface area contributed by atoms with Crippen molar-refractivity contribution in [1.29, 1.82) is 0 Å². The number of fused-ring (bicyclic) bond motifs is 1. The minimum absolute atomic E-state index is 0.0109. The number of rotatable bonds is 2. The topological polar surface area (TPSA) is 92.0 Å². The highest BCUT2D eigenvalue weighted by molar-refractivity contribution is 6.54. The molecule has 0 spiro atoms. The van der Waals surface area contributed by atoms with E-state index >= 15 is 4.39 Å². The minimum Gasteiger partial charge on any atom is -0.358 e. The van der Waals surface area contributed by atoms with Gasteiger partial charge >= 0.3 is 6.03 Å². The number of nitrogens with one attached hydrogen (secondary N) is 1. The molecule has 7 rings (SSSR count). The molecule has 1 aromatic carbocycles. The molecule has 0 atom stereocenters. The quantitative estimate of drug-likeness (QED) is 0.301. The van der Waals surface area contributed by atoms with E-state index in [2.05, 4.69) is 10.3 Å². The van der Waals surface area contributed by atoms with Gasteiger partial charge in [0.15, 0.2) is 0 Å². The molecule has 0 aliphatic carbocycles. The largest absolute Gasteiger partial charge is 0.358 e. The Hall–Kier alpha value is -4.21. The lowest BCUT2D eigenvalue weighted by Gasteiger charge is -2.52. The van der Waals surface area contributed by atoms with Crippen LogP contribution in [0.4, 0.5) is 9.18 Å². The molecule has 1 N–H and O–H groups in total. The number of piperidine rings is 1. The van der Waals surface area contributed by atoms with E-state index in [0.717, 1.165) is 19.3 Å². The smallest absolute Gasteiger partial charge is 0.319 e. The van der Waals surface area contributed by atoms with E-state index in [0.29, 0.717) is 35.5 Å². The molecule has 0 unspecified atom stereocenters. The fourth-order valence-corrected chi connectivity index (χ4v) is 6.29. The molecule has 3 aromatic heterocycles. The Morgan fingerprint density at radius 2 is 1.71 bits per heavy atom. The second-order valence-corrected chi connectivity index (χ2v) is 11.0. The lowest BCUT2D eigenvalue weighted by atomic mass is 9.37. The number of imidazole rings is 1. The third-order valence-corrected chi connectivity index (χ3v) is 8.49. The number of likely N-dealkylation sites (tertiary alicyclic amines) is 1. The average molecular weight is 552 g/mol. The summed E-state index contributed by atoms with van der Waals surface area (Å²) in [5, 5.41) is -1.67. The van der Waals surface area contributed by atoms with Crippen molar-refractivity contribution < 1.29 is 18.8 Å². The van der Waals surface area contributed by atoms with Gasteiger partial charge in [-0.25, -0.2) is 14.2 Å². The van der Waals surface area contributed by atoms with Crippen LogP contribution in [0.25, 0.3) is 27.7 Å². The molecule has 6 heterocycles. The summed E-state index contributed by atoms with van der Waals surface area (Å²) in [6.07, 6.45) is 7.30. The zero-order valence-electron chi connectivity index (χ0n) is 22.5. The summed E-state index contributed by atoms with van der Waals surface area (Å²) in [4.78, 5) is 47.4. The first kappa shape index (κ1) is 26.7. The summed E-state index contributed by atoms with van der Waals surface area (Å²) >= 11 is 0. The molecule has 1 saturated heterocycles. The summed E-state index contributed by atoms with van der Waals surface area (Å²) in [6, 6.07) is 7.35. The standard InChI is InChI=1S/C28H21B4FN6O3/c29-27(30)28(31,32)39(26(42)36-7-3-1-4-8-36)13-15-10-16(33)11-17-18(14-38(27)23(15)17)21-22(25(41)35-24(21)40)19-12-34-20-6-2-5-9-37(19)20/h2,5-6,9-12,14H,1,3-4,7-8,13H2,(H,35,40,41). The third-order valence-electron chi connectivity index (χ3n) is 8.49. The van der Waals surface area contributed by atoms with Gasteiger partial charge in [-0.2, -0.15) is 0 Å². The molecule has 42 heavy (non-hydrogen) atoms. The fraction of sp³-hybridized carbons (Fsp3) is 0.286. The Morgan fingerprint density at radius 1 is 0.976 bits per heavy atom. The minimum atomic E-state index is -2.15. The zero-order valence-corrected chi connectivity index (χ0v) is 22.5. The summed E-state index contributed by atoms with van der Waals surface area (Å²) in [6.45, 7) is 0.846. The predicted molar refractivity (Wildman–Crippen MR) is 157 cm³/mol. The highest BCUT2D eigenvalue weighted by Gasteiger charge is 2.48. The SMILES string of the molecule is [B]C1([B])N(C(=O)N2CCCCC2)Cc2cc(F)cc3c(C4=C(c5cnc6ccccn56)C(=O)NC4=O)cn(c23)C1([B])[B]. The van der Waals surface area contributed by atoms with Gasteiger partial charge in [0.2, 0.25) is 0 Å². The number of benzene rings is 1. The summed E-state index contributed by atoms with van der Waals surface area (Å²) in [5.74, 6) is -1.96. The maximum absolute atomic E-state index is 15.3. The molecule has 0 bridgehead atoms. The van der Waals surface area contributed by atoms with E-state index in [9.17, 15) is 14.4 Å². The van der Waals surface area contributed by atoms with E-state index in [4.69, 9.17) is 31.4 Å². The first-order chi connectivity index (χ1) is 20.0. The Kier molecular flexibility index (Phi) is 5.81. The molecular weight excluding hydrogens is 531 g/mol. The van der Waals surface area contributed by atoms with Crippen molar-refractivity contribution >= 4 is 76.9 Å². The van der Waals surface area contributed by atoms with Gasteiger partial charge in [0, 0.05) is 43.0 Å². The van der Waals surface area contributed by atoms with E-state index in [1.165, 1.54) is 34.0 Å². The molecule has 200 valence electrons. The van der Waals surface area contributed by atoms with Crippen LogP contribution in [-0.4, -0.2) is 91.4 Å². The van der Waals surface area contributed by atoms with Crippen LogP contribution in [0, 0.1) is 5.82 Å². The molecule has 9 nitrogen and oxygen atoms in total. The van der Waals surface area contributed by atoms with Crippen LogP contribution in [0.15, 0.2) is 48.9 Å². The second kappa shape index (κ2) is 9.14. The van der Waals surface area contributed by atoms with Gasteiger partial charge in [0.1, 0.15) is 11.5 Å². The average Bonchev–Trinajstić information content (AvgIpc) is 3.62. The van der Waals surface area contributed by atoms with Crippen LogP contribution in [-0.2, 0) is 21.5 Å². The van der Waals surface area contributed by atoms with Gasteiger partial charge in [-0.3, -0.25) is 19.3 Å². The third kappa shape index (κ3) is 3.66. The number of halogens is 1. The van der Waals surface area contributed by atoms with Crippen molar-refractivity contribution in [2.24, 2.45) is 0 Å². The number of nitrogens with zero attached hydrogens (tertiary/aromatic N) is 5. The van der Waals surface area contributed by atoms with Crippen LogP contribution in [0.2, 0.25) is 0 Å². The summed E-state index contributed by atoms with van der Waals surface area (Å²) < 4.78 is 18.3. The number of pyridine rings is 1. The molecule has 3 aliphatic rings. The van der Waals surface area contributed by atoms with E-state index in [1.807, 2.05) is 0 Å². The number of carbonyl (C=O) groups is 3. The Morgan fingerprint density at radius 3 is 2.48 bits per heavy atom. The number of hydrogen-bond acceptors (Lipinski definition) is 4. The van der Waals surface area contributed by atoms with Crippen LogP contribution in [0.5, 0.6) is 0 Å². The second-order valence-electron chi connectivity index (χ2n) is 11.0. The van der Waals surface area contributed by atoms with Crippen molar-refractivity contribution in [2.75, 3.05) is 13.1 Å². The highest BCUT2D eigenvalue weighted by atomic mass is 19.1. The van der Waals surface area contributed by atoms with Gasteiger partial charge < -0.3 is 14.4 Å². The van der Waals surface area contributed by atoms with Crippen molar-refractivity contribution in [3.63, 3.8) is 0 Å². The van der Waals surface area contributed by atoms with E-state index < -0.39 is 34.3 Å². The number of carbonyl (C=O) groups excluding carboxylic acids is 3. The molecule has 1 fully saturated rings. The monoisotopic (exact) mass is 552 g/mol.